The fourth-order valence-electron chi connectivity index (χ4n) is 3.13. The van der Waals surface area contributed by atoms with Gasteiger partial charge in [-0.25, -0.2) is 15.0 Å². The van der Waals surface area contributed by atoms with Crippen molar-refractivity contribution in [2.24, 2.45) is 15.0 Å². The number of hydrogen-bond acceptors (Lipinski definition) is 4. The van der Waals surface area contributed by atoms with E-state index < -0.39 is 0 Å². The molecule has 0 aliphatic carbocycles. The van der Waals surface area contributed by atoms with Gasteiger partial charge in [0.25, 0.3) is 0 Å². The molecule has 0 spiro atoms. The Balaban J connectivity index is 1.71. The largest absolute Gasteiger partial charge is 0.515 e. The normalized spacial score (nSPS) is 21.5. The standard InChI is InChI=1S/C21H13IN4O/c22-21-19-6-4-15(25-19)10-13-2-1-12(23-13)9-14-3-5-17(24-14)16(11-27)18-7-8-20(21)26-18/h1-11,23,27H. The Hall–Kier alpha value is -3.00. The number of aliphatic hydroxyl groups excluding tert-OH is 1. The number of allylic oxidation sites excluding steroid dienone is 8. The molecule has 5 rings (SSSR count). The molecular weight excluding hydrogens is 451 g/mol. The molecule has 4 aliphatic rings. The fourth-order valence-corrected chi connectivity index (χ4v) is 3.74. The quantitative estimate of drug-likeness (QED) is 0.419. The van der Waals surface area contributed by atoms with Crippen molar-refractivity contribution in [3.8, 4) is 0 Å². The Morgan fingerprint density at radius 2 is 1.37 bits per heavy atom. The Kier molecular flexibility index (Phi) is 3.78. The van der Waals surface area contributed by atoms with E-state index in [9.17, 15) is 5.11 Å². The number of halogens is 1. The van der Waals surface area contributed by atoms with Crippen LogP contribution >= 0.6 is 22.6 Å². The fraction of sp³-hybridized carbons (Fsp3) is 0. The molecule has 0 amide bonds. The van der Waals surface area contributed by atoms with Gasteiger partial charge >= 0.3 is 0 Å². The van der Waals surface area contributed by atoms with Crippen LogP contribution in [0.1, 0.15) is 11.4 Å². The van der Waals surface area contributed by atoms with E-state index in [2.05, 4.69) is 37.6 Å². The number of nitrogens with one attached hydrogen (secondary N) is 1. The maximum absolute atomic E-state index is 9.79. The average Bonchev–Trinajstić information content (AvgIpc) is 3.44. The van der Waals surface area contributed by atoms with Crippen molar-refractivity contribution in [1.29, 1.82) is 0 Å². The van der Waals surface area contributed by atoms with Crippen LogP contribution < -0.4 is 0 Å². The SMILES string of the molecule is OC=C1C2=NC(=Cc3ccc([nH]3)C=C3C=CC(=N3)C(I)=C3C=CC1=N3)C=C2. The molecule has 5 heterocycles. The maximum Gasteiger partial charge on any atom is 0.0907 e. The Morgan fingerprint density at radius 1 is 0.778 bits per heavy atom. The van der Waals surface area contributed by atoms with Crippen molar-refractivity contribution in [2.75, 3.05) is 0 Å². The molecule has 130 valence electrons. The first kappa shape index (κ1) is 16.2. The molecule has 1 aromatic rings. The van der Waals surface area contributed by atoms with Crippen molar-refractivity contribution in [1.82, 2.24) is 4.98 Å². The van der Waals surface area contributed by atoms with Gasteiger partial charge in [0.15, 0.2) is 0 Å². The molecule has 0 saturated carbocycles. The van der Waals surface area contributed by atoms with E-state index in [1.165, 1.54) is 0 Å². The first-order valence-corrected chi connectivity index (χ1v) is 9.45. The van der Waals surface area contributed by atoms with Crippen molar-refractivity contribution < 1.29 is 5.11 Å². The molecule has 5 nitrogen and oxygen atoms in total. The molecule has 0 atom stereocenters. The summed E-state index contributed by atoms with van der Waals surface area (Å²) in [6, 6.07) is 4.02. The Bertz CT molecular complexity index is 1180. The molecule has 0 fully saturated rings. The van der Waals surface area contributed by atoms with Gasteiger partial charge in [0.2, 0.25) is 0 Å². The molecular formula is C21H13IN4O. The van der Waals surface area contributed by atoms with E-state index in [0.717, 1.165) is 44.0 Å². The number of aromatic nitrogens is 1. The summed E-state index contributed by atoms with van der Waals surface area (Å²) in [6.45, 7) is 0. The minimum Gasteiger partial charge on any atom is -0.515 e. The van der Waals surface area contributed by atoms with Gasteiger partial charge in [-0.1, -0.05) is 0 Å². The first-order valence-electron chi connectivity index (χ1n) is 8.37. The maximum atomic E-state index is 9.79. The number of aromatic amines is 1. The van der Waals surface area contributed by atoms with E-state index in [0.29, 0.717) is 17.0 Å². The molecule has 6 heteroatoms. The summed E-state index contributed by atoms with van der Waals surface area (Å²) in [6.07, 6.45) is 16.6. The van der Waals surface area contributed by atoms with Gasteiger partial charge in [0.1, 0.15) is 0 Å². The zero-order valence-corrected chi connectivity index (χ0v) is 16.2. The third-order valence-corrected chi connectivity index (χ3v) is 5.54. The van der Waals surface area contributed by atoms with Crippen LogP contribution in [0, 0.1) is 0 Å². The van der Waals surface area contributed by atoms with Crippen LogP contribution in [-0.4, -0.2) is 27.2 Å². The van der Waals surface area contributed by atoms with Gasteiger partial charge < -0.3 is 10.1 Å². The molecule has 8 bridgehead atoms. The van der Waals surface area contributed by atoms with Crippen LogP contribution in [0.4, 0.5) is 0 Å². The molecule has 4 aliphatic heterocycles. The predicted molar refractivity (Wildman–Crippen MR) is 118 cm³/mol. The summed E-state index contributed by atoms with van der Waals surface area (Å²) in [4.78, 5) is 17.3. The van der Waals surface area contributed by atoms with Crippen LogP contribution in [0.3, 0.4) is 0 Å². The molecule has 0 aromatic carbocycles. The molecule has 0 saturated heterocycles. The van der Waals surface area contributed by atoms with Crippen LogP contribution in [0.5, 0.6) is 0 Å². The number of fused-ring (bicyclic) bond motifs is 5. The second-order valence-corrected chi connectivity index (χ2v) is 7.32. The third kappa shape index (κ3) is 2.91. The van der Waals surface area contributed by atoms with E-state index in [1.807, 2.05) is 60.7 Å². The van der Waals surface area contributed by atoms with Gasteiger partial charge in [0, 0.05) is 11.4 Å². The lowest BCUT2D eigenvalue weighted by Crippen LogP contribution is -2.07. The minimum absolute atomic E-state index is 0.592. The number of rotatable bonds is 0. The molecule has 2 N–H and O–H groups in total. The summed E-state index contributed by atoms with van der Waals surface area (Å²) < 4.78 is 0.958. The first-order chi connectivity index (χ1) is 13.2. The molecule has 0 unspecified atom stereocenters. The Labute approximate surface area is 169 Å². The van der Waals surface area contributed by atoms with Gasteiger partial charge in [-0.15, -0.1) is 0 Å². The lowest BCUT2D eigenvalue weighted by Gasteiger charge is -2.03. The van der Waals surface area contributed by atoms with Crippen molar-refractivity contribution in [2.45, 2.75) is 0 Å². The average molecular weight is 464 g/mol. The topological polar surface area (TPSA) is 73.1 Å². The smallest absolute Gasteiger partial charge is 0.0907 e. The van der Waals surface area contributed by atoms with Crippen molar-refractivity contribution in [3.05, 3.63) is 92.5 Å². The third-order valence-electron chi connectivity index (χ3n) is 4.43. The number of H-pyrrole nitrogens is 1. The monoisotopic (exact) mass is 464 g/mol. The van der Waals surface area contributed by atoms with Crippen LogP contribution in [0.25, 0.3) is 12.2 Å². The van der Waals surface area contributed by atoms with Gasteiger partial charge in [0.05, 0.1) is 49.6 Å². The number of nitrogens with zero attached hydrogens (tertiary/aromatic N) is 3. The van der Waals surface area contributed by atoms with Crippen molar-refractivity contribution in [3.63, 3.8) is 0 Å². The summed E-state index contributed by atoms with van der Waals surface area (Å²) in [5.74, 6) is 0. The molecule has 0 radical (unpaired) electrons. The molecule has 1 aromatic heterocycles. The minimum atomic E-state index is 0.592. The van der Waals surface area contributed by atoms with E-state index in [4.69, 9.17) is 4.99 Å². The zero-order valence-electron chi connectivity index (χ0n) is 14.0. The second-order valence-electron chi connectivity index (χ2n) is 6.24. The lowest BCUT2D eigenvalue weighted by molar-refractivity contribution is 0.472. The van der Waals surface area contributed by atoms with Crippen LogP contribution in [0.2, 0.25) is 0 Å². The van der Waals surface area contributed by atoms with E-state index >= 15 is 0 Å². The highest BCUT2D eigenvalue weighted by molar-refractivity contribution is 14.1. The summed E-state index contributed by atoms with van der Waals surface area (Å²) in [7, 11) is 0. The van der Waals surface area contributed by atoms with Crippen molar-refractivity contribution >= 4 is 51.9 Å². The lowest BCUT2D eigenvalue weighted by atomic mass is 10.1. The van der Waals surface area contributed by atoms with Crippen LogP contribution in [0.15, 0.2) is 96.1 Å². The predicted octanol–water partition coefficient (Wildman–Crippen LogP) is 4.83. The molecule has 27 heavy (non-hydrogen) atoms. The summed E-state index contributed by atoms with van der Waals surface area (Å²) in [5.41, 5.74) is 7.28. The van der Waals surface area contributed by atoms with Gasteiger partial charge in [-0.3, -0.25) is 0 Å². The van der Waals surface area contributed by atoms with E-state index in [1.54, 1.807) is 0 Å². The number of hydrogen-bond donors (Lipinski definition) is 2. The highest BCUT2D eigenvalue weighted by Crippen LogP contribution is 2.28. The number of aliphatic hydroxyl groups is 1. The number of aliphatic imine (C=N–C) groups is 3. The van der Waals surface area contributed by atoms with Crippen LogP contribution in [-0.2, 0) is 0 Å². The second kappa shape index (κ2) is 6.31. The summed E-state index contributed by atoms with van der Waals surface area (Å²) >= 11 is 2.26. The Morgan fingerprint density at radius 3 is 2.07 bits per heavy atom. The van der Waals surface area contributed by atoms with Gasteiger partial charge in [-0.05, 0) is 83.3 Å². The summed E-state index contributed by atoms with van der Waals surface area (Å²) in [5, 5.41) is 9.79. The highest BCUT2D eigenvalue weighted by Gasteiger charge is 2.20. The van der Waals surface area contributed by atoms with E-state index in [-0.39, 0.29) is 0 Å². The van der Waals surface area contributed by atoms with Gasteiger partial charge in [-0.2, -0.15) is 0 Å². The highest BCUT2D eigenvalue weighted by atomic mass is 127. The zero-order chi connectivity index (χ0) is 18.4.